The number of carbonyl (C=O) groups excluding carboxylic acids is 2. The average Bonchev–Trinajstić information content (AvgIpc) is 3.37. The van der Waals surface area contributed by atoms with Crippen LogP contribution in [0.2, 0.25) is 0 Å². The van der Waals surface area contributed by atoms with E-state index in [4.69, 9.17) is 9.40 Å². The van der Waals surface area contributed by atoms with Crippen molar-refractivity contribution < 1.29 is 14.0 Å². The molecule has 7 heteroatoms. The van der Waals surface area contributed by atoms with Crippen LogP contribution in [0.5, 0.6) is 0 Å². The number of aromatic nitrogens is 1. The van der Waals surface area contributed by atoms with E-state index in [0.29, 0.717) is 25.2 Å². The Morgan fingerprint density at radius 2 is 2.03 bits per heavy atom. The Balaban J connectivity index is 1.32. The first-order valence-corrected chi connectivity index (χ1v) is 13.2. The molecule has 6 nitrogen and oxygen atoms in total. The number of piperidine rings is 1. The van der Waals surface area contributed by atoms with Crippen LogP contribution in [-0.2, 0) is 10.5 Å². The first-order chi connectivity index (χ1) is 16.5. The van der Waals surface area contributed by atoms with Crippen molar-refractivity contribution in [2.45, 2.75) is 44.8 Å². The molecule has 2 amide bonds. The second-order valence-corrected chi connectivity index (χ2v) is 10.1. The third-order valence-electron chi connectivity index (χ3n) is 6.52. The van der Waals surface area contributed by atoms with E-state index in [0.717, 1.165) is 53.5 Å². The van der Waals surface area contributed by atoms with Gasteiger partial charge in [-0.1, -0.05) is 23.8 Å². The maximum atomic E-state index is 13.0. The number of furan rings is 1. The van der Waals surface area contributed by atoms with Gasteiger partial charge in [0.15, 0.2) is 0 Å². The molecule has 1 aliphatic carbocycles. The van der Waals surface area contributed by atoms with Gasteiger partial charge in [0.05, 0.1) is 29.2 Å². The molecule has 1 saturated heterocycles. The Bertz CT molecular complexity index is 1050. The lowest BCUT2D eigenvalue weighted by Gasteiger charge is -2.34. The fraction of sp³-hybridized carbons (Fsp3) is 0.444. The smallest absolute Gasteiger partial charge is 0.253 e. The van der Waals surface area contributed by atoms with Crippen LogP contribution in [0.15, 0.2) is 58.7 Å². The molecule has 0 radical (unpaired) electrons. The number of rotatable bonds is 8. The first kappa shape index (κ1) is 24.3. The Hall–Kier alpha value is -2.80. The van der Waals surface area contributed by atoms with Crippen LogP contribution in [0.1, 0.15) is 59.6 Å². The highest BCUT2D eigenvalue weighted by atomic mass is 32.2. The van der Waals surface area contributed by atoms with E-state index in [-0.39, 0.29) is 23.7 Å². The predicted octanol–water partition coefficient (Wildman–Crippen LogP) is 4.87. The third kappa shape index (κ3) is 6.00. The summed E-state index contributed by atoms with van der Waals surface area (Å²) in [4.78, 5) is 32.7. The fourth-order valence-electron chi connectivity index (χ4n) is 4.57. The maximum absolute atomic E-state index is 13.0. The number of amides is 2. The summed E-state index contributed by atoms with van der Waals surface area (Å²) >= 11 is 1.73. The molecule has 0 spiro atoms. The maximum Gasteiger partial charge on any atom is 0.253 e. The molecule has 1 aliphatic heterocycles. The Kier molecular flexibility index (Phi) is 8.27. The molecule has 180 valence electrons. The highest BCUT2D eigenvalue weighted by Gasteiger charge is 2.31. The second kappa shape index (κ2) is 11.6. The van der Waals surface area contributed by atoms with Crippen molar-refractivity contribution in [3.63, 3.8) is 0 Å². The lowest BCUT2D eigenvalue weighted by atomic mass is 9.88. The van der Waals surface area contributed by atoms with Crippen LogP contribution >= 0.6 is 11.8 Å². The van der Waals surface area contributed by atoms with Gasteiger partial charge in [-0.05, 0) is 57.4 Å². The van der Waals surface area contributed by atoms with Gasteiger partial charge in [-0.2, -0.15) is 11.8 Å². The summed E-state index contributed by atoms with van der Waals surface area (Å²) in [5, 5.41) is 3.04. The molecule has 1 unspecified atom stereocenters. The van der Waals surface area contributed by atoms with E-state index in [1.54, 1.807) is 18.0 Å². The summed E-state index contributed by atoms with van der Waals surface area (Å²) in [5.74, 6) is 2.70. The Labute approximate surface area is 205 Å². The molecule has 0 saturated carbocycles. The number of nitrogens with zero attached hydrogens (tertiary/aromatic N) is 2. The molecule has 1 N–H and O–H groups in total. The van der Waals surface area contributed by atoms with Crippen molar-refractivity contribution in [2.24, 2.45) is 5.92 Å². The monoisotopic (exact) mass is 479 g/mol. The van der Waals surface area contributed by atoms with Crippen LogP contribution in [0.3, 0.4) is 0 Å². The van der Waals surface area contributed by atoms with Crippen LogP contribution in [0, 0.1) is 12.8 Å². The van der Waals surface area contributed by atoms with Crippen molar-refractivity contribution >= 4 is 23.6 Å². The molecule has 2 aliphatic rings. The minimum Gasteiger partial charge on any atom is -0.468 e. The number of allylic oxidation sites excluding steroid dienone is 2. The van der Waals surface area contributed by atoms with Crippen molar-refractivity contribution in [1.29, 1.82) is 0 Å². The van der Waals surface area contributed by atoms with Gasteiger partial charge in [0.1, 0.15) is 5.76 Å². The number of carbonyl (C=O) groups is 2. The van der Waals surface area contributed by atoms with Crippen molar-refractivity contribution in [3.8, 4) is 0 Å². The van der Waals surface area contributed by atoms with E-state index in [2.05, 4.69) is 17.5 Å². The lowest BCUT2D eigenvalue weighted by Crippen LogP contribution is -2.42. The number of aryl methyl sites for hydroxylation is 1. The van der Waals surface area contributed by atoms with Gasteiger partial charge in [0, 0.05) is 37.0 Å². The molecular formula is C27H33N3O3S. The Morgan fingerprint density at radius 1 is 1.21 bits per heavy atom. The zero-order chi connectivity index (χ0) is 23.9. The van der Waals surface area contributed by atoms with Crippen LogP contribution in [0.4, 0.5) is 0 Å². The normalized spacial score (nSPS) is 18.6. The van der Waals surface area contributed by atoms with E-state index < -0.39 is 0 Å². The van der Waals surface area contributed by atoms with Gasteiger partial charge in [0.25, 0.3) is 5.91 Å². The molecule has 1 atom stereocenters. The van der Waals surface area contributed by atoms with E-state index in [1.807, 2.05) is 49.1 Å². The zero-order valence-corrected chi connectivity index (χ0v) is 20.8. The van der Waals surface area contributed by atoms with Crippen molar-refractivity contribution in [3.05, 3.63) is 77.0 Å². The zero-order valence-electron chi connectivity index (χ0n) is 20.0. The van der Waals surface area contributed by atoms with E-state index in [9.17, 15) is 9.59 Å². The summed E-state index contributed by atoms with van der Waals surface area (Å²) in [6.07, 6.45) is 10.5. The Morgan fingerprint density at radius 3 is 2.76 bits per heavy atom. The number of pyridine rings is 1. The van der Waals surface area contributed by atoms with Gasteiger partial charge in [-0.3, -0.25) is 14.6 Å². The minimum atomic E-state index is -0.130. The standard InChI is InChI=1S/C27H33N3O3S/c1-19-6-3-4-8-23(19)27(32)30-14-11-21(12-15-30)25-24(10-9-20(2)29-25)26(31)28-13-17-34-18-22-7-5-16-33-22/h4-10,16,21,23H,3,11-15,17-18H2,1-2H3,(H,28,31). The molecule has 2 aromatic heterocycles. The number of likely N-dealkylation sites (tertiary alicyclic amines) is 1. The molecule has 0 bridgehead atoms. The largest absolute Gasteiger partial charge is 0.468 e. The van der Waals surface area contributed by atoms with E-state index in [1.165, 1.54) is 0 Å². The third-order valence-corrected chi connectivity index (χ3v) is 7.50. The molecule has 0 aromatic carbocycles. The molecular weight excluding hydrogens is 446 g/mol. The molecule has 34 heavy (non-hydrogen) atoms. The summed E-state index contributed by atoms with van der Waals surface area (Å²) in [7, 11) is 0. The number of hydrogen-bond donors (Lipinski definition) is 1. The number of nitrogens with one attached hydrogen (secondary N) is 1. The summed E-state index contributed by atoms with van der Waals surface area (Å²) < 4.78 is 5.34. The molecule has 4 rings (SSSR count). The van der Waals surface area contributed by atoms with Crippen LogP contribution in [0.25, 0.3) is 0 Å². The quantitative estimate of drug-likeness (QED) is 0.432. The van der Waals surface area contributed by atoms with Gasteiger partial charge in [-0.25, -0.2) is 0 Å². The summed E-state index contributed by atoms with van der Waals surface area (Å²) in [5.41, 5.74) is 3.56. The minimum absolute atomic E-state index is 0.0762. The SMILES string of the molecule is CC1=CCC=CC1C(=O)N1CCC(c2nc(C)ccc2C(=O)NCCSCc2ccco2)CC1. The highest BCUT2D eigenvalue weighted by Crippen LogP contribution is 2.31. The predicted molar refractivity (Wildman–Crippen MR) is 136 cm³/mol. The van der Waals surface area contributed by atoms with Gasteiger partial charge < -0.3 is 14.6 Å². The van der Waals surface area contributed by atoms with Gasteiger partial charge in [0.2, 0.25) is 5.91 Å². The molecule has 3 heterocycles. The van der Waals surface area contributed by atoms with Gasteiger partial charge >= 0.3 is 0 Å². The van der Waals surface area contributed by atoms with Crippen molar-refractivity contribution in [2.75, 3.05) is 25.4 Å². The molecule has 1 fully saturated rings. The average molecular weight is 480 g/mol. The fourth-order valence-corrected chi connectivity index (χ4v) is 5.33. The van der Waals surface area contributed by atoms with Crippen LogP contribution in [-0.4, -0.2) is 47.1 Å². The first-order valence-electron chi connectivity index (χ1n) is 12.0. The van der Waals surface area contributed by atoms with Crippen molar-refractivity contribution in [1.82, 2.24) is 15.2 Å². The van der Waals surface area contributed by atoms with Crippen LogP contribution < -0.4 is 5.32 Å². The highest BCUT2D eigenvalue weighted by molar-refractivity contribution is 7.98. The number of thioether (sulfide) groups is 1. The summed E-state index contributed by atoms with van der Waals surface area (Å²) in [6.45, 7) is 5.98. The topological polar surface area (TPSA) is 75.4 Å². The van der Waals surface area contributed by atoms with Gasteiger partial charge in [-0.15, -0.1) is 0 Å². The summed E-state index contributed by atoms with van der Waals surface area (Å²) in [6, 6.07) is 7.63. The molecule has 2 aromatic rings. The second-order valence-electron chi connectivity index (χ2n) is 8.96. The number of hydrogen-bond acceptors (Lipinski definition) is 5. The lowest BCUT2D eigenvalue weighted by molar-refractivity contribution is -0.134. The van der Waals surface area contributed by atoms with E-state index >= 15 is 0 Å².